The summed E-state index contributed by atoms with van der Waals surface area (Å²) in [7, 11) is 0. The van der Waals surface area contributed by atoms with Gasteiger partial charge in [0, 0.05) is 13.0 Å². The Bertz CT molecular complexity index is 796. The van der Waals surface area contributed by atoms with Crippen molar-refractivity contribution in [3.05, 3.63) is 54.1 Å². The molecule has 0 amide bonds. The average molecular weight is 427 g/mol. The summed E-state index contributed by atoms with van der Waals surface area (Å²) in [6, 6.07) is 14.6. The molecule has 0 bridgehead atoms. The molecule has 2 aromatic carbocycles. The van der Waals surface area contributed by atoms with Crippen LogP contribution in [-0.2, 0) is 14.3 Å². The van der Waals surface area contributed by atoms with E-state index in [9.17, 15) is 9.59 Å². The number of hydrogen-bond donors (Lipinski definition) is 0. The van der Waals surface area contributed by atoms with Crippen LogP contribution in [0.15, 0.2) is 48.5 Å². The van der Waals surface area contributed by atoms with E-state index in [0.29, 0.717) is 30.9 Å². The maximum Gasteiger partial charge on any atom is 0.338 e. The van der Waals surface area contributed by atoms with Gasteiger partial charge in [-0.15, -0.1) is 0 Å². The molecule has 0 aliphatic heterocycles. The minimum Gasteiger partial charge on any atom is -0.457 e. The molecule has 2 rings (SSSR count). The summed E-state index contributed by atoms with van der Waals surface area (Å²) in [5.74, 6) is -0.00724. The molecule has 1 unspecified atom stereocenters. The summed E-state index contributed by atoms with van der Waals surface area (Å²) in [5, 5.41) is 0. The lowest BCUT2D eigenvalue weighted by molar-refractivity contribution is -0.134. The highest BCUT2D eigenvalue weighted by Crippen LogP contribution is 2.23. The number of carbonyl (C=O) groups excluding carboxylic acids is 2. The summed E-state index contributed by atoms with van der Waals surface area (Å²) >= 11 is 0. The van der Waals surface area contributed by atoms with Gasteiger partial charge in [0.1, 0.15) is 11.9 Å². The Labute approximate surface area is 185 Å². The Hall–Kier alpha value is -2.66. The molecule has 0 saturated heterocycles. The zero-order chi connectivity index (χ0) is 22.5. The van der Waals surface area contributed by atoms with Gasteiger partial charge in [-0.1, -0.05) is 56.9 Å². The average Bonchev–Trinajstić information content (AvgIpc) is 2.78. The van der Waals surface area contributed by atoms with E-state index in [2.05, 4.69) is 6.92 Å². The Morgan fingerprint density at radius 2 is 1.45 bits per heavy atom. The molecule has 0 spiro atoms. The Morgan fingerprint density at radius 3 is 2.06 bits per heavy atom. The highest BCUT2D eigenvalue weighted by Gasteiger charge is 2.12. The van der Waals surface area contributed by atoms with Crippen molar-refractivity contribution in [3.8, 4) is 16.9 Å². The van der Waals surface area contributed by atoms with Gasteiger partial charge in [0.15, 0.2) is 0 Å². The second-order valence-corrected chi connectivity index (χ2v) is 7.62. The van der Waals surface area contributed by atoms with Crippen LogP contribution in [0.2, 0.25) is 0 Å². The van der Waals surface area contributed by atoms with Crippen molar-refractivity contribution in [2.24, 2.45) is 0 Å². The van der Waals surface area contributed by atoms with Gasteiger partial charge in [0.05, 0.1) is 12.2 Å². The van der Waals surface area contributed by atoms with E-state index >= 15 is 0 Å². The first-order valence-corrected chi connectivity index (χ1v) is 11.2. The Kier molecular flexibility index (Phi) is 10.8. The van der Waals surface area contributed by atoms with E-state index in [0.717, 1.165) is 24.0 Å². The first-order chi connectivity index (χ1) is 15.0. The zero-order valence-electron chi connectivity index (χ0n) is 18.9. The molecule has 0 N–H and O–H groups in total. The Morgan fingerprint density at radius 1 is 0.839 bits per heavy atom. The van der Waals surface area contributed by atoms with Gasteiger partial charge < -0.3 is 14.2 Å². The van der Waals surface area contributed by atoms with Gasteiger partial charge in [-0.25, -0.2) is 4.79 Å². The van der Waals surface area contributed by atoms with E-state index in [1.165, 1.54) is 19.3 Å². The molecule has 1 atom stereocenters. The molecule has 31 heavy (non-hydrogen) atoms. The number of unbranched alkanes of at least 4 members (excludes halogenated alkanes) is 4. The van der Waals surface area contributed by atoms with Crippen molar-refractivity contribution in [1.82, 2.24) is 0 Å². The molecule has 5 nitrogen and oxygen atoms in total. The van der Waals surface area contributed by atoms with Gasteiger partial charge >= 0.3 is 11.9 Å². The molecular formula is C26H34O5. The molecule has 5 heteroatoms. The van der Waals surface area contributed by atoms with E-state index in [4.69, 9.17) is 14.2 Å². The third kappa shape index (κ3) is 8.93. The summed E-state index contributed by atoms with van der Waals surface area (Å²) < 4.78 is 16.1. The quantitative estimate of drug-likeness (QED) is 0.217. The molecule has 0 aliphatic carbocycles. The van der Waals surface area contributed by atoms with Crippen molar-refractivity contribution < 1.29 is 23.8 Å². The first kappa shape index (κ1) is 24.6. The SMILES string of the molecule is CCCCCCCC(=O)Oc1ccc(-c2ccc(C(=O)OC(C)COCC)cc2)cc1. The third-order valence-corrected chi connectivity index (χ3v) is 4.89. The maximum atomic E-state index is 12.2. The van der Waals surface area contributed by atoms with Crippen LogP contribution in [0.5, 0.6) is 5.75 Å². The fraction of sp³-hybridized carbons (Fsp3) is 0.462. The monoisotopic (exact) mass is 426 g/mol. The predicted octanol–water partition coefficient (Wildman–Crippen LogP) is 6.20. The zero-order valence-corrected chi connectivity index (χ0v) is 18.9. The van der Waals surface area contributed by atoms with Gasteiger partial charge in [0.25, 0.3) is 0 Å². The molecule has 0 heterocycles. The van der Waals surface area contributed by atoms with Crippen molar-refractivity contribution in [2.75, 3.05) is 13.2 Å². The molecular weight excluding hydrogens is 392 g/mol. The Balaban J connectivity index is 1.85. The highest BCUT2D eigenvalue weighted by atomic mass is 16.6. The number of benzene rings is 2. The van der Waals surface area contributed by atoms with Crippen LogP contribution in [0.4, 0.5) is 0 Å². The predicted molar refractivity (Wildman–Crippen MR) is 122 cm³/mol. The second-order valence-electron chi connectivity index (χ2n) is 7.62. The van der Waals surface area contributed by atoms with Gasteiger partial charge in [-0.05, 0) is 55.7 Å². The first-order valence-electron chi connectivity index (χ1n) is 11.2. The van der Waals surface area contributed by atoms with Gasteiger partial charge in [0.2, 0.25) is 0 Å². The lowest BCUT2D eigenvalue weighted by Gasteiger charge is -2.13. The fourth-order valence-electron chi connectivity index (χ4n) is 3.14. The molecule has 0 aliphatic rings. The number of hydrogen-bond acceptors (Lipinski definition) is 5. The molecule has 0 radical (unpaired) electrons. The molecule has 0 aromatic heterocycles. The van der Waals surface area contributed by atoms with Gasteiger partial charge in [-0.3, -0.25) is 4.79 Å². The molecule has 168 valence electrons. The molecule has 2 aromatic rings. The number of rotatable bonds is 13. The third-order valence-electron chi connectivity index (χ3n) is 4.89. The van der Waals surface area contributed by atoms with Crippen LogP contribution < -0.4 is 4.74 Å². The standard InChI is InChI=1S/C26H34O5/c1-4-6-7-8-9-10-25(27)31-24-17-15-22(16-18-24)21-11-13-23(14-12-21)26(28)30-20(3)19-29-5-2/h11-18,20H,4-10,19H2,1-3H3. The number of carbonyl (C=O) groups is 2. The van der Waals surface area contributed by atoms with E-state index in [1.807, 2.05) is 38.1 Å². The topological polar surface area (TPSA) is 61.8 Å². The minimum atomic E-state index is -0.365. The van der Waals surface area contributed by atoms with Crippen molar-refractivity contribution in [3.63, 3.8) is 0 Å². The van der Waals surface area contributed by atoms with E-state index in [-0.39, 0.29) is 18.0 Å². The summed E-state index contributed by atoms with van der Waals surface area (Å²) in [6.07, 6.45) is 5.67. The van der Waals surface area contributed by atoms with Crippen LogP contribution >= 0.6 is 0 Å². The summed E-state index contributed by atoms with van der Waals surface area (Å²) in [6.45, 7) is 6.86. The highest BCUT2D eigenvalue weighted by molar-refractivity contribution is 5.90. The van der Waals surface area contributed by atoms with E-state index < -0.39 is 0 Å². The van der Waals surface area contributed by atoms with Crippen LogP contribution in [0.1, 0.15) is 69.7 Å². The van der Waals surface area contributed by atoms with Crippen molar-refractivity contribution in [2.45, 2.75) is 65.4 Å². The summed E-state index contributed by atoms with van der Waals surface area (Å²) in [5.41, 5.74) is 2.44. The van der Waals surface area contributed by atoms with Crippen LogP contribution in [0.3, 0.4) is 0 Å². The van der Waals surface area contributed by atoms with Gasteiger partial charge in [-0.2, -0.15) is 0 Å². The number of ether oxygens (including phenoxy) is 3. The normalized spacial score (nSPS) is 11.7. The van der Waals surface area contributed by atoms with Crippen molar-refractivity contribution in [1.29, 1.82) is 0 Å². The largest absolute Gasteiger partial charge is 0.457 e. The lowest BCUT2D eigenvalue weighted by Crippen LogP contribution is -2.20. The smallest absolute Gasteiger partial charge is 0.338 e. The molecule has 0 saturated carbocycles. The van der Waals surface area contributed by atoms with Crippen LogP contribution in [0.25, 0.3) is 11.1 Å². The fourth-order valence-corrected chi connectivity index (χ4v) is 3.14. The van der Waals surface area contributed by atoms with Crippen molar-refractivity contribution >= 4 is 11.9 Å². The van der Waals surface area contributed by atoms with Crippen LogP contribution in [0, 0.1) is 0 Å². The maximum absolute atomic E-state index is 12.2. The van der Waals surface area contributed by atoms with E-state index in [1.54, 1.807) is 24.3 Å². The summed E-state index contributed by atoms with van der Waals surface area (Å²) in [4.78, 5) is 24.2. The lowest BCUT2D eigenvalue weighted by atomic mass is 10.0. The van der Waals surface area contributed by atoms with Crippen LogP contribution in [-0.4, -0.2) is 31.3 Å². The molecule has 0 fully saturated rings. The minimum absolute atomic E-state index is 0.189. The number of esters is 2. The second kappa shape index (κ2) is 13.6.